The average molecular weight is 672 g/mol. The Hall–Kier alpha value is -5.14. The lowest BCUT2D eigenvalue weighted by molar-refractivity contribution is 0.638. The molecule has 1 aliphatic carbocycles. The molecule has 1 atom stereocenters. The Kier molecular flexibility index (Phi) is 13.0. The number of nitrogens with one attached hydrogen (secondary N) is 1. The van der Waals surface area contributed by atoms with Gasteiger partial charge in [0.25, 0.3) is 0 Å². The average Bonchev–Trinajstić information content (AvgIpc) is 3.33. The molecular formula is C50H57N. The summed E-state index contributed by atoms with van der Waals surface area (Å²) in [5.41, 5.74) is 15.6. The zero-order valence-electron chi connectivity index (χ0n) is 32.2. The van der Waals surface area contributed by atoms with Crippen molar-refractivity contribution < 1.29 is 0 Å². The van der Waals surface area contributed by atoms with E-state index in [2.05, 4.69) is 182 Å². The molecule has 6 rings (SSSR count). The number of benzene rings is 4. The lowest BCUT2D eigenvalue weighted by atomic mass is 9.74. The van der Waals surface area contributed by atoms with Gasteiger partial charge in [-0.2, -0.15) is 0 Å². The van der Waals surface area contributed by atoms with Crippen LogP contribution in [0, 0.1) is 0 Å². The summed E-state index contributed by atoms with van der Waals surface area (Å²) in [7, 11) is 0. The van der Waals surface area contributed by atoms with Crippen molar-refractivity contribution in [2.45, 2.75) is 78.6 Å². The van der Waals surface area contributed by atoms with Gasteiger partial charge in [0, 0.05) is 28.1 Å². The van der Waals surface area contributed by atoms with Crippen molar-refractivity contribution >= 4 is 23.0 Å². The highest BCUT2D eigenvalue weighted by Gasteiger charge is 2.35. The van der Waals surface area contributed by atoms with E-state index >= 15 is 0 Å². The molecule has 0 saturated carbocycles. The molecule has 0 spiro atoms. The summed E-state index contributed by atoms with van der Waals surface area (Å²) in [4.78, 5) is 0. The van der Waals surface area contributed by atoms with Gasteiger partial charge in [-0.05, 0) is 94.1 Å². The predicted octanol–water partition coefficient (Wildman–Crippen LogP) is 14.4. The van der Waals surface area contributed by atoms with Crippen LogP contribution in [-0.4, -0.2) is 0 Å². The highest BCUT2D eigenvalue weighted by atomic mass is 14.9. The number of para-hydroxylation sites is 1. The Morgan fingerprint density at radius 3 is 2.08 bits per heavy atom. The summed E-state index contributed by atoms with van der Waals surface area (Å²) in [6.07, 6.45) is 17.3. The first-order valence-corrected chi connectivity index (χ1v) is 18.3. The molecule has 51 heavy (non-hydrogen) atoms. The maximum absolute atomic E-state index is 3.65. The lowest BCUT2D eigenvalue weighted by Crippen LogP contribution is -2.25. The predicted molar refractivity (Wildman–Crippen MR) is 227 cm³/mol. The smallest absolute Gasteiger partial charge is 0.0426 e. The van der Waals surface area contributed by atoms with Crippen molar-refractivity contribution in [1.29, 1.82) is 0 Å². The standard InChI is InChI=1S/C39H39N.C9H12.C2H6/c1-7-13-32-26(2)30-22-20-29(25-34(30)38(32,3)4)31(28-14-9-8-10-15-28)21-18-27-19-23-37-35(24-27)39(5,6)33-16-11-12-17-36(33)40-37;1-4-7-9(6-3)8-5-2;1-2/h7-25,31,40H,1-6H3;4-7H,1-3,8H2;1-2H3/b13-7-,21-18+;9-7-;. The molecule has 0 bridgehead atoms. The molecule has 0 amide bonds. The third-order valence-electron chi connectivity index (χ3n) is 10.1. The van der Waals surface area contributed by atoms with Crippen LogP contribution in [0.3, 0.4) is 0 Å². The second-order valence-electron chi connectivity index (χ2n) is 14.0. The van der Waals surface area contributed by atoms with E-state index in [0.717, 1.165) is 12.0 Å². The number of rotatable bonds is 9. The van der Waals surface area contributed by atoms with E-state index in [1.807, 2.05) is 32.1 Å². The highest BCUT2D eigenvalue weighted by Crippen LogP contribution is 2.48. The second-order valence-corrected chi connectivity index (χ2v) is 14.0. The molecule has 1 unspecified atom stereocenters. The third-order valence-corrected chi connectivity index (χ3v) is 10.1. The molecule has 4 aromatic carbocycles. The Morgan fingerprint density at radius 2 is 1.41 bits per heavy atom. The number of allylic oxidation sites excluding steroid dienone is 10. The van der Waals surface area contributed by atoms with Gasteiger partial charge in [-0.15, -0.1) is 6.58 Å². The fourth-order valence-electron chi connectivity index (χ4n) is 7.40. The third kappa shape index (κ3) is 8.26. The summed E-state index contributed by atoms with van der Waals surface area (Å²) < 4.78 is 0. The molecule has 0 radical (unpaired) electrons. The lowest BCUT2D eigenvalue weighted by Gasteiger charge is -2.35. The van der Waals surface area contributed by atoms with E-state index in [4.69, 9.17) is 0 Å². The van der Waals surface area contributed by atoms with Crippen LogP contribution < -0.4 is 5.32 Å². The summed E-state index contributed by atoms with van der Waals surface area (Å²) in [6, 6.07) is 33.5. The van der Waals surface area contributed by atoms with E-state index in [1.165, 1.54) is 61.5 Å². The minimum Gasteiger partial charge on any atom is -0.355 e. The van der Waals surface area contributed by atoms with Crippen LogP contribution in [0.2, 0.25) is 0 Å². The number of anilines is 2. The van der Waals surface area contributed by atoms with E-state index in [-0.39, 0.29) is 16.7 Å². The fourth-order valence-corrected chi connectivity index (χ4v) is 7.40. The molecule has 1 aliphatic heterocycles. The van der Waals surface area contributed by atoms with Crippen LogP contribution in [0.15, 0.2) is 164 Å². The topological polar surface area (TPSA) is 12.0 Å². The molecule has 1 N–H and O–H groups in total. The van der Waals surface area contributed by atoms with Gasteiger partial charge in [-0.25, -0.2) is 0 Å². The van der Waals surface area contributed by atoms with Crippen molar-refractivity contribution in [1.82, 2.24) is 0 Å². The zero-order valence-corrected chi connectivity index (χ0v) is 32.2. The monoisotopic (exact) mass is 671 g/mol. The summed E-state index contributed by atoms with van der Waals surface area (Å²) >= 11 is 0. The number of hydrogen-bond donors (Lipinski definition) is 1. The van der Waals surface area contributed by atoms with Crippen molar-refractivity contribution in [3.63, 3.8) is 0 Å². The van der Waals surface area contributed by atoms with Gasteiger partial charge in [0.15, 0.2) is 0 Å². The van der Waals surface area contributed by atoms with Crippen molar-refractivity contribution in [2.75, 3.05) is 5.32 Å². The summed E-state index contributed by atoms with van der Waals surface area (Å²) in [5, 5.41) is 3.65. The van der Waals surface area contributed by atoms with E-state index < -0.39 is 0 Å². The Bertz CT molecular complexity index is 1970. The molecule has 1 heteroatoms. The molecule has 0 saturated heterocycles. The molecule has 1 heterocycles. The molecular weight excluding hydrogens is 615 g/mol. The normalized spacial score (nSPS) is 15.6. The SMILES string of the molecule is C/C=C\C1=C(C)c2ccc(C(/C=C/c3ccc4c(c3)C(C)(C)c3ccccc3N4)c3ccccc3)cc2C1(C)C.C=C/C=C(/C=C)CC=C.CC. The number of hydrogen-bond acceptors (Lipinski definition) is 1. The first kappa shape index (κ1) is 38.7. The minimum atomic E-state index is -0.0685. The Balaban J connectivity index is 0.000000465. The van der Waals surface area contributed by atoms with E-state index in [9.17, 15) is 0 Å². The van der Waals surface area contributed by atoms with Crippen LogP contribution in [0.5, 0.6) is 0 Å². The summed E-state index contributed by atoms with van der Waals surface area (Å²) in [6.45, 7) is 28.6. The second kappa shape index (κ2) is 17.2. The van der Waals surface area contributed by atoms with Crippen LogP contribution >= 0.6 is 0 Å². The fraction of sp³-hybridized carbons (Fsp3) is 0.240. The molecule has 2 aliphatic rings. The Labute approximate surface area is 309 Å². The van der Waals surface area contributed by atoms with Crippen molar-refractivity contribution in [3.8, 4) is 0 Å². The van der Waals surface area contributed by atoms with Gasteiger partial charge >= 0.3 is 0 Å². The van der Waals surface area contributed by atoms with Crippen LogP contribution in [0.1, 0.15) is 107 Å². The maximum Gasteiger partial charge on any atom is 0.0426 e. The van der Waals surface area contributed by atoms with Crippen molar-refractivity contribution in [2.24, 2.45) is 0 Å². The van der Waals surface area contributed by atoms with Crippen LogP contribution in [0.4, 0.5) is 11.4 Å². The number of fused-ring (bicyclic) bond motifs is 3. The molecule has 1 nitrogen and oxygen atoms in total. The molecule has 0 fully saturated rings. The van der Waals surface area contributed by atoms with Gasteiger partial charge in [0.1, 0.15) is 0 Å². The maximum atomic E-state index is 3.65. The van der Waals surface area contributed by atoms with Gasteiger partial charge < -0.3 is 5.32 Å². The minimum absolute atomic E-state index is 0.0136. The zero-order chi connectivity index (χ0) is 37.2. The summed E-state index contributed by atoms with van der Waals surface area (Å²) in [5.74, 6) is 0.163. The van der Waals surface area contributed by atoms with E-state index in [0.29, 0.717) is 0 Å². The van der Waals surface area contributed by atoms with Crippen LogP contribution in [0.25, 0.3) is 11.6 Å². The molecule has 0 aromatic heterocycles. The first-order chi connectivity index (χ1) is 24.6. The van der Waals surface area contributed by atoms with Gasteiger partial charge in [-0.3, -0.25) is 0 Å². The first-order valence-electron chi connectivity index (χ1n) is 18.3. The van der Waals surface area contributed by atoms with Gasteiger partial charge in [0.05, 0.1) is 0 Å². The quantitative estimate of drug-likeness (QED) is 0.138. The largest absolute Gasteiger partial charge is 0.355 e. The molecule has 262 valence electrons. The van der Waals surface area contributed by atoms with E-state index in [1.54, 1.807) is 6.08 Å². The van der Waals surface area contributed by atoms with Crippen molar-refractivity contribution in [3.05, 3.63) is 203 Å². The van der Waals surface area contributed by atoms with Crippen LogP contribution in [-0.2, 0) is 10.8 Å². The molecule has 4 aromatic rings. The van der Waals surface area contributed by atoms with Gasteiger partial charge in [-0.1, -0.05) is 176 Å². The highest BCUT2D eigenvalue weighted by molar-refractivity contribution is 5.81. The Morgan fingerprint density at radius 1 is 0.725 bits per heavy atom. The van der Waals surface area contributed by atoms with Gasteiger partial charge in [0.2, 0.25) is 0 Å².